The molecule has 8 nitrogen and oxygen atoms in total. The quantitative estimate of drug-likeness (QED) is 0.281. The number of alkyl carbamates (subject to hydrolysis) is 1. The maximum Gasteiger partial charge on any atom is 0.408 e. The Morgan fingerprint density at radius 2 is 1.42 bits per heavy atom. The van der Waals surface area contributed by atoms with E-state index in [1.54, 1.807) is 19.1 Å². The van der Waals surface area contributed by atoms with Gasteiger partial charge in [-0.1, -0.05) is 72.8 Å². The molecule has 3 aromatic carbocycles. The molecule has 0 radical (unpaired) electrons. The molecule has 9 heteroatoms. The molecule has 0 aliphatic heterocycles. The molecule has 0 unspecified atom stereocenters. The smallest absolute Gasteiger partial charge is 0.408 e. The Morgan fingerprint density at radius 3 is 2.05 bits per heavy atom. The van der Waals surface area contributed by atoms with Crippen molar-refractivity contribution in [2.75, 3.05) is 12.4 Å². The van der Waals surface area contributed by atoms with Gasteiger partial charge in [-0.2, -0.15) is 11.8 Å². The van der Waals surface area contributed by atoms with Crippen LogP contribution < -0.4 is 10.6 Å². The van der Waals surface area contributed by atoms with E-state index in [4.69, 9.17) is 9.47 Å². The van der Waals surface area contributed by atoms with Gasteiger partial charge in [-0.3, -0.25) is 4.79 Å². The lowest BCUT2D eigenvalue weighted by Crippen LogP contribution is -2.53. The van der Waals surface area contributed by atoms with Crippen molar-refractivity contribution in [2.45, 2.75) is 37.8 Å². The first-order valence-corrected chi connectivity index (χ1v) is 13.4. The van der Waals surface area contributed by atoms with Gasteiger partial charge in [0.25, 0.3) is 0 Å². The van der Waals surface area contributed by atoms with Crippen molar-refractivity contribution in [2.24, 2.45) is 0 Å². The van der Waals surface area contributed by atoms with Gasteiger partial charge in [0.2, 0.25) is 5.91 Å². The minimum absolute atomic E-state index is 0.0600. The van der Waals surface area contributed by atoms with Gasteiger partial charge in [0.15, 0.2) is 0 Å². The molecule has 0 saturated carbocycles. The summed E-state index contributed by atoms with van der Waals surface area (Å²) in [5.74, 6) is -0.120. The second-order valence-electron chi connectivity index (χ2n) is 8.44. The summed E-state index contributed by atoms with van der Waals surface area (Å²) in [5.41, 5.74) is 2.63. The van der Waals surface area contributed by atoms with Gasteiger partial charge in [-0.05, 0) is 35.7 Å². The number of esters is 1. The molecule has 3 rings (SSSR count). The predicted molar refractivity (Wildman–Crippen MR) is 147 cm³/mol. The average molecular weight is 537 g/mol. The van der Waals surface area contributed by atoms with E-state index < -0.39 is 30.1 Å². The van der Waals surface area contributed by atoms with Gasteiger partial charge < -0.3 is 25.2 Å². The van der Waals surface area contributed by atoms with Crippen molar-refractivity contribution >= 4 is 29.7 Å². The van der Waals surface area contributed by atoms with E-state index in [9.17, 15) is 19.5 Å². The molecule has 0 spiro atoms. The highest BCUT2D eigenvalue weighted by Crippen LogP contribution is 2.15. The topological polar surface area (TPSA) is 114 Å². The van der Waals surface area contributed by atoms with Crippen LogP contribution in [-0.2, 0) is 37.8 Å². The van der Waals surface area contributed by atoms with Crippen molar-refractivity contribution in [1.29, 1.82) is 0 Å². The standard InChI is InChI=1S/C29H32N2O6S/c1-2-36-28(34)25(17-21-13-15-24(32)16-14-21)30-27(33)26(20-38-19-23-11-7-4-8-12-23)31-29(35)37-18-22-9-5-3-6-10-22/h3-16,25-26,32H,2,17-20H2,1H3,(H,30,33)(H,31,35)/t25-,26-/m0/s1. The summed E-state index contributed by atoms with van der Waals surface area (Å²) >= 11 is 1.48. The van der Waals surface area contributed by atoms with E-state index in [-0.39, 0.29) is 31.1 Å². The normalized spacial score (nSPS) is 12.1. The van der Waals surface area contributed by atoms with Crippen molar-refractivity contribution in [3.05, 3.63) is 102 Å². The summed E-state index contributed by atoms with van der Waals surface area (Å²) < 4.78 is 10.5. The Bertz CT molecular complexity index is 1160. The fourth-order valence-corrected chi connectivity index (χ4v) is 4.55. The minimum Gasteiger partial charge on any atom is -0.508 e. The molecule has 0 bridgehead atoms. The van der Waals surface area contributed by atoms with E-state index in [1.807, 2.05) is 60.7 Å². The third kappa shape index (κ3) is 9.82. The molecule has 2 amide bonds. The summed E-state index contributed by atoms with van der Waals surface area (Å²) in [6, 6.07) is 23.4. The Labute approximate surface area is 226 Å². The monoisotopic (exact) mass is 536 g/mol. The summed E-state index contributed by atoms with van der Waals surface area (Å²) in [7, 11) is 0. The average Bonchev–Trinajstić information content (AvgIpc) is 2.93. The highest BCUT2D eigenvalue weighted by molar-refractivity contribution is 7.98. The largest absolute Gasteiger partial charge is 0.508 e. The highest BCUT2D eigenvalue weighted by Gasteiger charge is 2.28. The van der Waals surface area contributed by atoms with Gasteiger partial charge >= 0.3 is 12.1 Å². The van der Waals surface area contributed by atoms with E-state index in [0.29, 0.717) is 5.75 Å². The first-order valence-electron chi connectivity index (χ1n) is 12.3. The van der Waals surface area contributed by atoms with Gasteiger partial charge in [0.1, 0.15) is 24.4 Å². The number of carbonyl (C=O) groups excluding carboxylic acids is 3. The van der Waals surface area contributed by atoms with Crippen molar-refractivity contribution in [1.82, 2.24) is 10.6 Å². The van der Waals surface area contributed by atoms with Crippen LogP contribution in [0.25, 0.3) is 0 Å². The van der Waals surface area contributed by atoms with E-state index in [2.05, 4.69) is 10.6 Å². The number of aromatic hydroxyl groups is 1. The number of ether oxygens (including phenoxy) is 2. The van der Waals surface area contributed by atoms with Gasteiger partial charge in [-0.15, -0.1) is 0 Å². The zero-order chi connectivity index (χ0) is 27.2. The molecular formula is C29H32N2O6S. The van der Waals surface area contributed by atoms with Crippen molar-refractivity contribution in [3.63, 3.8) is 0 Å². The lowest BCUT2D eigenvalue weighted by Gasteiger charge is -2.22. The first-order chi connectivity index (χ1) is 18.4. The number of phenols is 1. The molecule has 0 saturated heterocycles. The maximum atomic E-state index is 13.3. The number of phenolic OH excluding ortho intramolecular Hbond substituents is 1. The summed E-state index contributed by atoms with van der Waals surface area (Å²) in [5, 5.41) is 14.9. The van der Waals surface area contributed by atoms with Crippen LogP contribution in [0.5, 0.6) is 5.75 Å². The molecule has 200 valence electrons. The minimum atomic E-state index is -0.976. The fraction of sp³-hybridized carbons (Fsp3) is 0.276. The second kappa shape index (κ2) is 15.3. The number of amides is 2. The Balaban J connectivity index is 1.68. The van der Waals surface area contributed by atoms with E-state index >= 15 is 0 Å². The molecule has 0 heterocycles. The molecule has 0 aromatic heterocycles. The number of carbonyl (C=O) groups is 3. The Kier molecular flexibility index (Phi) is 11.5. The van der Waals surface area contributed by atoms with Crippen LogP contribution in [0.4, 0.5) is 4.79 Å². The molecule has 3 N–H and O–H groups in total. The molecule has 0 aliphatic carbocycles. The Morgan fingerprint density at radius 1 is 0.789 bits per heavy atom. The number of rotatable bonds is 13. The predicted octanol–water partition coefficient (Wildman–Crippen LogP) is 4.21. The zero-order valence-corrected chi connectivity index (χ0v) is 22.0. The van der Waals surface area contributed by atoms with Gasteiger partial charge in [-0.25, -0.2) is 9.59 Å². The number of nitrogens with one attached hydrogen (secondary N) is 2. The van der Waals surface area contributed by atoms with Crippen LogP contribution in [0.2, 0.25) is 0 Å². The fourth-order valence-electron chi connectivity index (χ4n) is 3.53. The first kappa shape index (κ1) is 28.6. The molecule has 2 atom stereocenters. The SMILES string of the molecule is CCOC(=O)[C@H](Cc1ccc(O)cc1)NC(=O)[C@H](CSCc1ccccc1)NC(=O)OCc1ccccc1. The van der Waals surface area contributed by atoms with Crippen LogP contribution in [-0.4, -0.2) is 47.5 Å². The van der Waals surface area contributed by atoms with Crippen LogP contribution in [0, 0.1) is 0 Å². The third-order valence-corrected chi connectivity index (χ3v) is 6.59. The van der Waals surface area contributed by atoms with Gasteiger partial charge in [0, 0.05) is 17.9 Å². The molecule has 0 fully saturated rings. The lowest BCUT2D eigenvalue weighted by molar-refractivity contribution is -0.147. The van der Waals surface area contributed by atoms with Crippen molar-refractivity contribution < 1.29 is 29.0 Å². The van der Waals surface area contributed by atoms with Crippen LogP contribution in [0.1, 0.15) is 23.6 Å². The molecule has 38 heavy (non-hydrogen) atoms. The number of hydrogen-bond acceptors (Lipinski definition) is 7. The number of thioether (sulfide) groups is 1. The molecule has 3 aromatic rings. The summed E-state index contributed by atoms with van der Waals surface area (Å²) in [6.07, 6.45) is -0.576. The maximum absolute atomic E-state index is 13.3. The zero-order valence-electron chi connectivity index (χ0n) is 21.2. The Hall–Kier alpha value is -3.98. The second-order valence-corrected chi connectivity index (χ2v) is 9.47. The van der Waals surface area contributed by atoms with Crippen LogP contribution in [0.3, 0.4) is 0 Å². The number of hydrogen-bond donors (Lipinski definition) is 3. The summed E-state index contributed by atoms with van der Waals surface area (Å²) in [4.78, 5) is 38.5. The van der Waals surface area contributed by atoms with Gasteiger partial charge in [0.05, 0.1) is 6.61 Å². The number of benzene rings is 3. The molecule has 0 aliphatic rings. The van der Waals surface area contributed by atoms with Crippen LogP contribution >= 0.6 is 11.8 Å². The van der Waals surface area contributed by atoms with E-state index in [1.165, 1.54) is 23.9 Å². The third-order valence-electron chi connectivity index (χ3n) is 5.48. The summed E-state index contributed by atoms with van der Waals surface area (Å²) in [6.45, 7) is 1.90. The molecular weight excluding hydrogens is 504 g/mol. The van der Waals surface area contributed by atoms with Crippen molar-refractivity contribution in [3.8, 4) is 5.75 Å². The lowest BCUT2D eigenvalue weighted by atomic mass is 10.1. The van der Waals surface area contributed by atoms with Crippen LogP contribution in [0.15, 0.2) is 84.9 Å². The highest BCUT2D eigenvalue weighted by atomic mass is 32.2. The van der Waals surface area contributed by atoms with E-state index in [0.717, 1.165) is 16.7 Å².